The first kappa shape index (κ1) is 16.1. The van der Waals surface area contributed by atoms with Crippen LogP contribution in [0.25, 0.3) is 11.1 Å². The van der Waals surface area contributed by atoms with Gasteiger partial charge in [0.05, 0.1) is 6.61 Å². The van der Waals surface area contributed by atoms with Crippen molar-refractivity contribution in [1.29, 1.82) is 0 Å². The highest BCUT2D eigenvalue weighted by molar-refractivity contribution is 5.63. The van der Waals surface area contributed by atoms with E-state index in [1.54, 1.807) is 0 Å². The van der Waals surface area contributed by atoms with Crippen LogP contribution in [-0.4, -0.2) is 6.61 Å². The fraction of sp³-hybridized carbons (Fsp3) is 0.130. The molecular formula is C23H22O. The number of hydrogen-bond acceptors (Lipinski definition) is 1. The van der Waals surface area contributed by atoms with E-state index in [4.69, 9.17) is 4.74 Å². The molecule has 0 saturated heterocycles. The Hall–Kier alpha value is -2.80. The minimum atomic E-state index is 0.186. The van der Waals surface area contributed by atoms with Crippen LogP contribution in [0.1, 0.15) is 24.0 Å². The van der Waals surface area contributed by atoms with Crippen molar-refractivity contribution >= 4 is 0 Å². The Labute approximate surface area is 144 Å². The standard InChI is InChI=1S/C23H22O/c1-3-23(21-14-16-22(17-15-21)24-4-2)20-12-10-19(11-13-20)18-8-6-5-7-9-18/h3,5-17,23H,1,4H2,2H3. The maximum atomic E-state index is 5.52. The molecule has 24 heavy (non-hydrogen) atoms. The lowest BCUT2D eigenvalue weighted by Crippen LogP contribution is -1.98. The largest absolute Gasteiger partial charge is 0.494 e. The number of rotatable bonds is 6. The van der Waals surface area contributed by atoms with E-state index in [-0.39, 0.29) is 5.92 Å². The van der Waals surface area contributed by atoms with Crippen molar-refractivity contribution in [3.8, 4) is 16.9 Å². The van der Waals surface area contributed by atoms with E-state index in [9.17, 15) is 0 Å². The maximum Gasteiger partial charge on any atom is 0.119 e. The third kappa shape index (κ3) is 3.57. The van der Waals surface area contributed by atoms with Gasteiger partial charge >= 0.3 is 0 Å². The third-order valence-corrected chi connectivity index (χ3v) is 4.16. The van der Waals surface area contributed by atoms with Crippen molar-refractivity contribution < 1.29 is 4.74 Å². The summed E-state index contributed by atoms with van der Waals surface area (Å²) in [4.78, 5) is 0. The molecule has 0 N–H and O–H groups in total. The molecule has 0 aliphatic heterocycles. The lowest BCUT2D eigenvalue weighted by atomic mass is 9.90. The quantitative estimate of drug-likeness (QED) is 0.502. The minimum absolute atomic E-state index is 0.186. The van der Waals surface area contributed by atoms with Crippen molar-refractivity contribution in [2.75, 3.05) is 6.61 Å². The predicted molar refractivity (Wildman–Crippen MR) is 102 cm³/mol. The number of allylic oxidation sites excluding steroid dienone is 1. The zero-order chi connectivity index (χ0) is 16.8. The molecule has 0 amide bonds. The molecular weight excluding hydrogens is 292 g/mol. The molecule has 0 saturated carbocycles. The molecule has 0 spiro atoms. The summed E-state index contributed by atoms with van der Waals surface area (Å²) in [6.45, 7) is 6.70. The lowest BCUT2D eigenvalue weighted by Gasteiger charge is -2.15. The highest BCUT2D eigenvalue weighted by Crippen LogP contribution is 2.29. The van der Waals surface area contributed by atoms with E-state index in [1.807, 2.05) is 31.2 Å². The van der Waals surface area contributed by atoms with Gasteiger partial charge < -0.3 is 4.74 Å². The topological polar surface area (TPSA) is 9.23 Å². The van der Waals surface area contributed by atoms with E-state index in [2.05, 4.69) is 67.2 Å². The van der Waals surface area contributed by atoms with Gasteiger partial charge in [-0.15, -0.1) is 6.58 Å². The van der Waals surface area contributed by atoms with E-state index in [0.29, 0.717) is 6.61 Å². The first-order valence-electron chi connectivity index (χ1n) is 8.32. The maximum absolute atomic E-state index is 5.52. The van der Waals surface area contributed by atoms with Gasteiger partial charge in [-0.2, -0.15) is 0 Å². The first-order chi connectivity index (χ1) is 11.8. The van der Waals surface area contributed by atoms with Gasteiger partial charge in [0.1, 0.15) is 5.75 Å². The van der Waals surface area contributed by atoms with Crippen molar-refractivity contribution in [3.05, 3.63) is 103 Å². The summed E-state index contributed by atoms with van der Waals surface area (Å²) < 4.78 is 5.52. The molecule has 0 radical (unpaired) electrons. The van der Waals surface area contributed by atoms with Crippen molar-refractivity contribution in [1.82, 2.24) is 0 Å². The molecule has 0 aromatic heterocycles. The van der Waals surface area contributed by atoms with E-state index in [1.165, 1.54) is 22.3 Å². The van der Waals surface area contributed by atoms with Gasteiger partial charge in [-0.05, 0) is 41.3 Å². The van der Waals surface area contributed by atoms with Gasteiger partial charge in [-0.25, -0.2) is 0 Å². The molecule has 0 fully saturated rings. The van der Waals surface area contributed by atoms with E-state index < -0.39 is 0 Å². The Bertz CT molecular complexity index is 771. The van der Waals surface area contributed by atoms with Gasteiger partial charge in [0.15, 0.2) is 0 Å². The average molecular weight is 314 g/mol. The lowest BCUT2D eigenvalue weighted by molar-refractivity contribution is 0.340. The fourth-order valence-corrected chi connectivity index (χ4v) is 2.92. The Balaban J connectivity index is 1.84. The van der Waals surface area contributed by atoms with Crippen LogP contribution in [0, 0.1) is 0 Å². The normalized spacial score (nSPS) is 11.7. The number of benzene rings is 3. The molecule has 3 aromatic rings. The molecule has 0 heterocycles. The Morgan fingerprint density at radius 2 is 1.33 bits per heavy atom. The van der Waals surface area contributed by atoms with E-state index >= 15 is 0 Å². The van der Waals surface area contributed by atoms with Crippen LogP contribution < -0.4 is 4.74 Å². The molecule has 1 heteroatoms. The summed E-state index contributed by atoms with van der Waals surface area (Å²) in [7, 11) is 0. The SMILES string of the molecule is C=CC(c1ccc(OCC)cc1)c1ccc(-c2ccccc2)cc1. The van der Waals surface area contributed by atoms with E-state index in [0.717, 1.165) is 5.75 Å². The van der Waals surface area contributed by atoms with Crippen LogP contribution in [-0.2, 0) is 0 Å². The second-order valence-electron chi connectivity index (χ2n) is 5.70. The highest BCUT2D eigenvalue weighted by atomic mass is 16.5. The molecule has 1 nitrogen and oxygen atoms in total. The number of ether oxygens (including phenoxy) is 1. The summed E-state index contributed by atoms with van der Waals surface area (Å²) in [5.74, 6) is 1.09. The monoisotopic (exact) mass is 314 g/mol. The van der Waals surface area contributed by atoms with Crippen LogP contribution in [0.4, 0.5) is 0 Å². The number of hydrogen-bond donors (Lipinski definition) is 0. The summed E-state index contributed by atoms with van der Waals surface area (Å²) >= 11 is 0. The third-order valence-electron chi connectivity index (χ3n) is 4.16. The minimum Gasteiger partial charge on any atom is -0.494 e. The predicted octanol–water partition coefficient (Wildman–Crippen LogP) is 6.07. The molecule has 1 unspecified atom stereocenters. The van der Waals surface area contributed by atoms with Gasteiger partial charge in [0.25, 0.3) is 0 Å². The molecule has 3 rings (SSSR count). The zero-order valence-corrected chi connectivity index (χ0v) is 14.0. The molecule has 3 aromatic carbocycles. The zero-order valence-electron chi connectivity index (χ0n) is 14.0. The second-order valence-corrected chi connectivity index (χ2v) is 5.70. The Morgan fingerprint density at radius 1 is 0.792 bits per heavy atom. The van der Waals surface area contributed by atoms with Crippen molar-refractivity contribution in [2.45, 2.75) is 12.8 Å². The molecule has 0 aliphatic carbocycles. The van der Waals surface area contributed by atoms with Gasteiger partial charge in [-0.3, -0.25) is 0 Å². The summed E-state index contributed by atoms with van der Waals surface area (Å²) in [6.07, 6.45) is 1.99. The van der Waals surface area contributed by atoms with Crippen LogP contribution >= 0.6 is 0 Å². The summed E-state index contributed by atoms with van der Waals surface area (Å²) in [5.41, 5.74) is 4.93. The van der Waals surface area contributed by atoms with Gasteiger partial charge in [0, 0.05) is 5.92 Å². The van der Waals surface area contributed by atoms with Crippen LogP contribution in [0.3, 0.4) is 0 Å². The fourth-order valence-electron chi connectivity index (χ4n) is 2.92. The van der Waals surface area contributed by atoms with Crippen LogP contribution in [0.5, 0.6) is 5.75 Å². The average Bonchev–Trinajstić information content (AvgIpc) is 2.65. The molecule has 0 aliphatic rings. The second kappa shape index (κ2) is 7.65. The smallest absolute Gasteiger partial charge is 0.119 e. The van der Waals surface area contributed by atoms with Gasteiger partial charge in [-0.1, -0.05) is 72.8 Å². The Morgan fingerprint density at radius 3 is 1.88 bits per heavy atom. The molecule has 120 valence electrons. The van der Waals surface area contributed by atoms with Crippen LogP contribution in [0.15, 0.2) is 91.5 Å². The first-order valence-corrected chi connectivity index (χ1v) is 8.32. The highest BCUT2D eigenvalue weighted by Gasteiger charge is 2.11. The van der Waals surface area contributed by atoms with Crippen molar-refractivity contribution in [2.24, 2.45) is 0 Å². The van der Waals surface area contributed by atoms with Crippen LogP contribution in [0.2, 0.25) is 0 Å². The Kier molecular flexibility index (Phi) is 5.12. The summed E-state index contributed by atoms with van der Waals surface area (Å²) in [5, 5.41) is 0. The molecule has 0 bridgehead atoms. The van der Waals surface area contributed by atoms with Crippen molar-refractivity contribution in [3.63, 3.8) is 0 Å². The summed E-state index contributed by atoms with van der Waals surface area (Å²) in [6, 6.07) is 27.4. The van der Waals surface area contributed by atoms with Gasteiger partial charge in [0.2, 0.25) is 0 Å². The molecule has 1 atom stereocenters.